The van der Waals surface area contributed by atoms with Crippen molar-refractivity contribution < 1.29 is 14.9 Å². The molecule has 2 aromatic carbocycles. The van der Waals surface area contributed by atoms with E-state index in [-0.39, 0.29) is 17.9 Å². The number of aromatic nitrogens is 1. The molecular formula is C25H28N3O2S+. The van der Waals surface area contributed by atoms with Crippen LogP contribution < -0.4 is 10.2 Å². The summed E-state index contributed by atoms with van der Waals surface area (Å²) in [5, 5.41) is 3.05. The molecule has 2 N–H and O–H groups in total. The van der Waals surface area contributed by atoms with Gasteiger partial charge in [-0.2, -0.15) is 0 Å². The number of amides is 2. The standard InChI is InChI=1S/C25H27N3O2S/c1-16-7-12-20-22(13-16)31-24(27-20)18-8-10-19(11-9-18)28-23(29)14-21(25(28)30)26-15-17-5-3-2-4-6-17/h7-13,17,21,26H,2-6,14-15H2,1H3/p+1/t21-/m1/s1. The number of aryl methyl sites for hydroxylation is 1. The molecule has 0 unspecified atom stereocenters. The van der Waals surface area contributed by atoms with E-state index < -0.39 is 0 Å². The van der Waals surface area contributed by atoms with Crippen molar-refractivity contribution in [3.05, 3.63) is 48.0 Å². The van der Waals surface area contributed by atoms with Crippen LogP contribution >= 0.6 is 11.3 Å². The van der Waals surface area contributed by atoms with Crippen LogP contribution in [0.5, 0.6) is 0 Å². The maximum atomic E-state index is 13.0. The summed E-state index contributed by atoms with van der Waals surface area (Å²) >= 11 is 1.66. The Bertz CT molecular complexity index is 1120. The number of hydrogen-bond donors (Lipinski definition) is 1. The molecule has 0 radical (unpaired) electrons. The predicted octanol–water partition coefficient (Wildman–Crippen LogP) is 4.05. The number of benzene rings is 2. The number of nitrogens with zero attached hydrogens (tertiary/aromatic N) is 2. The second kappa shape index (κ2) is 8.52. The molecule has 1 atom stereocenters. The molecule has 1 aromatic heterocycles. The third kappa shape index (κ3) is 4.14. The Balaban J connectivity index is 1.29. The lowest BCUT2D eigenvalue weighted by molar-refractivity contribution is -0.680. The predicted molar refractivity (Wildman–Crippen MR) is 124 cm³/mol. The van der Waals surface area contributed by atoms with Crippen LogP contribution in [-0.4, -0.2) is 29.4 Å². The van der Waals surface area contributed by atoms with Gasteiger partial charge in [-0.05, 0) is 61.7 Å². The zero-order chi connectivity index (χ0) is 21.4. The summed E-state index contributed by atoms with van der Waals surface area (Å²) in [5.74, 6) is 0.504. The van der Waals surface area contributed by atoms with E-state index in [1.807, 2.05) is 30.3 Å². The third-order valence-corrected chi connectivity index (χ3v) is 7.64. The van der Waals surface area contributed by atoms with Gasteiger partial charge in [0.25, 0.3) is 5.91 Å². The molecule has 2 amide bonds. The monoisotopic (exact) mass is 434 g/mol. The molecule has 0 bridgehead atoms. The van der Waals surface area contributed by atoms with E-state index in [1.165, 1.54) is 47.3 Å². The smallest absolute Gasteiger partial charge is 0.292 e. The maximum Gasteiger partial charge on any atom is 0.292 e. The van der Waals surface area contributed by atoms with Gasteiger partial charge >= 0.3 is 0 Å². The number of fused-ring (bicyclic) bond motifs is 1. The summed E-state index contributed by atoms with van der Waals surface area (Å²) in [4.78, 5) is 31.7. The molecule has 0 spiro atoms. The minimum atomic E-state index is -0.276. The van der Waals surface area contributed by atoms with Gasteiger partial charge in [0.1, 0.15) is 5.01 Å². The fourth-order valence-corrected chi connectivity index (χ4v) is 5.87. The fraction of sp³-hybridized carbons (Fsp3) is 0.400. The number of rotatable bonds is 5. The van der Waals surface area contributed by atoms with Crippen LogP contribution in [0.2, 0.25) is 0 Å². The van der Waals surface area contributed by atoms with Crippen LogP contribution in [0, 0.1) is 12.8 Å². The highest BCUT2D eigenvalue weighted by Gasteiger charge is 2.42. The molecule has 5 nitrogen and oxygen atoms in total. The molecule has 31 heavy (non-hydrogen) atoms. The van der Waals surface area contributed by atoms with Gasteiger partial charge in [-0.25, -0.2) is 9.88 Å². The third-order valence-electron chi connectivity index (χ3n) is 6.58. The molecule has 1 saturated carbocycles. The average molecular weight is 435 g/mol. The van der Waals surface area contributed by atoms with Crippen molar-refractivity contribution in [3.8, 4) is 10.6 Å². The van der Waals surface area contributed by atoms with E-state index in [2.05, 4.69) is 24.4 Å². The summed E-state index contributed by atoms with van der Waals surface area (Å²) in [7, 11) is 0. The van der Waals surface area contributed by atoms with E-state index >= 15 is 0 Å². The fourth-order valence-electron chi connectivity index (χ4n) is 4.80. The lowest BCUT2D eigenvalue weighted by Crippen LogP contribution is -2.92. The lowest BCUT2D eigenvalue weighted by Gasteiger charge is -2.21. The molecule has 5 rings (SSSR count). The van der Waals surface area contributed by atoms with E-state index in [0.717, 1.165) is 22.6 Å². The Morgan fingerprint density at radius 1 is 1.06 bits per heavy atom. The van der Waals surface area contributed by atoms with Crippen molar-refractivity contribution in [1.29, 1.82) is 0 Å². The average Bonchev–Trinajstić information content (AvgIpc) is 3.33. The Labute approximate surface area is 186 Å². The Morgan fingerprint density at radius 2 is 1.84 bits per heavy atom. The van der Waals surface area contributed by atoms with E-state index in [9.17, 15) is 9.59 Å². The summed E-state index contributed by atoms with van der Waals surface area (Å²) in [6.07, 6.45) is 6.72. The van der Waals surface area contributed by atoms with Crippen molar-refractivity contribution in [2.45, 2.75) is 51.5 Å². The first kappa shape index (κ1) is 20.3. The van der Waals surface area contributed by atoms with Crippen LogP contribution in [0.1, 0.15) is 44.1 Å². The van der Waals surface area contributed by atoms with E-state index in [1.54, 1.807) is 11.3 Å². The molecule has 1 aliphatic heterocycles. The van der Waals surface area contributed by atoms with Crippen LogP contribution in [0.3, 0.4) is 0 Å². The van der Waals surface area contributed by atoms with E-state index in [0.29, 0.717) is 18.0 Å². The van der Waals surface area contributed by atoms with Crippen LogP contribution in [0.15, 0.2) is 42.5 Å². The van der Waals surface area contributed by atoms with Crippen LogP contribution in [-0.2, 0) is 9.59 Å². The Hall–Kier alpha value is -2.57. The molecule has 3 aromatic rings. The highest BCUT2D eigenvalue weighted by Crippen LogP contribution is 2.32. The zero-order valence-electron chi connectivity index (χ0n) is 17.8. The minimum Gasteiger partial charge on any atom is -0.335 e. The van der Waals surface area contributed by atoms with Crippen molar-refractivity contribution in [2.75, 3.05) is 11.4 Å². The molecule has 1 saturated heterocycles. The maximum absolute atomic E-state index is 13.0. The van der Waals surface area contributed by atoms with Gasteiger partial charge in [-0.15, -0.1) is 11.3 Å². The zero-order valence-corrected chi connectivity index (χ0v) is 18.7. The van der Waals surface area contributed by atoms with Gasteiger partial charge in [0.05, 0.1) is 28.9 Å². The number of anilines is 1. The Morgan fingerprint density at radius 3 is 2.61 bits per heavy atom. The van der Waals surface area contributed by atoms with Crippen molar-refractivity contribution in [1.82, 2.24) is 4.98 Å². The van der Waals surface area contributed by atoms with Gasteiger partial charge in [0.2, 0.25) is 5.91 Å². The van der Waals surface area contributed by atoms with Gasteiger partial charge in [-0.1, -0.05) is 25.3 Å². The van der Waals surface area contributed by atoms with Crippen molar-refractivity contribution in [2.24, 2.45) is 5.92 Å². The van der Waals surface area contributed by atoms with Gasteiger partial charge in [-0.3, -0.25) is 9.59 Å². The van der Waals surface area contributed by atoms with Gasteiger partial charge < -0.3 is 5.32 Å². The highest BCUT2D eigenvalue weighted by molar-refractivity contribution is 7.21. The first-order chi connectivity index (χ1) is 15.1. The summed E-state index contributed by atoms with van der Waals surface area (Å²) in [6.45, 7) is 3.03. The van der Waals surface area contributed by atoms with Crippen LogP contribution in [0.25, 0.3) is 20.8 Å². The molecule has 2 heterocycles. The molecule has 1 aliphatic carbocycles. The topological polar surface area (TPSA) is 66.9 Å². The first-order valence-electron chi connectivity index (χ1n) is 11.3. The number of nitrogens with two attached hydrogens (primary N) is 1. The number of thiazole rings is 1. The SMILES string of the molecule is Cc1ccc2nc(-c3ccc(N4C(=O)C[C@@H]([NH2+]CC5CCCCC5)C4=O)cc3)sc2c1. The van der Waals surface area contributed by atoms with Gasteiger partial charge in [0, 0.05) is 11.5 Å². The lowest BCUT2D eigenvalue weighted by atomic mass is 9.89. The van der Waals surface area contributed by atoms with Crippen molar-refractivity contribution in [3.63, 3.8) is 0 Å². The summed E-state index contributed by atoms with van der Waals surface area (Å²) in [6, 6.07) is 13.6. The Kier molecular flexibility index (Phi) is 5.59. The molecular weight excluding hydrogens is 406 g/mol. The quantitative estimate of drug-likeness (QED) is 0.616. The minimum absolute atomic E-state index is 0.0796. The second-order valence-corrected chi connectivity index (χ2v) is 9.92. The molecule has 160 valence electrons. The number of quaternary nitrogens is 1. The number of hydrogen-bond acceptors (Lipinski definition) is 4. The van der Waals surface area contributed by atoms with Crippen LogP contribution in [0.4, 0.5) is 5.69 Å². The molecule has 6 heteroatoms. The number of carbonyl (C=O) groups excluding carboxylic acids is 2. The van der Waals surface area contributed by atoms with Crippen molar-refractivity contribution >= 4 is 39.1 Å². The second-order valence-electron chi connectivity index (χ2n) is 8.89. The largest absolute Gasteiger partial charge is 0.335 e. The van der Waals surface area contributed by atoms with Gasteiger partial charge in [0.15, 0.2) is 6.04 Å². The number of carbonyl (C=O) groups is 2. The first-order valence-corrected chi connectivity index (χ1v) is 12.1. The summed E-state index contributed by atoms with van der Waals surface area (Å²) < 4.78 is 1.17. The molecule has 2 aliphatic rings. The number of imide groups is 1. The summed E-state index contributed by atoms with van der Waals surface area (Å²) in [5.41, 5.74) is 3.88. The van der Waals surface area contributed by atoms with E-state index in [4.69, 9.17) is 4.98 Å². The molecule has 2 fully saturated rings. The normalized spacial score (nSPS) is 20.2. The highest BCUT2D eigenvalue weighted by atomic mass is 32.1.